The zero-order valence-corrected chi connectivity index (χ0v) is 37.5. The molecular formula is C46H57N6O10S-. The number of amides is 2. The topological polar surface area (TPSA) is 196 Å². The zero-order chi connectivity index (χ0) is 44.8. The molecule has 4 aromatic carbocycles. The van der Waals surface area contributed by atoms with Crippen LogP contribution in [0.25, 0.3) is 10.8 Å². The number of benzene rings is 4. The molecule has 1 heterocycles. The lowest BCUT2D eigenvalue weighted by molar-refractivity contribution is 0.0179. The van der Waals surface area contributed by atoms with Gasteiger partial charge in [0.1, 0.15) is 29.6 Å². The van der Waals surface area contributed by atoms with Crippen LogP contribution >= 0.6 is 0 Å². The fourth-order valence-electron chi connectivity index (χ4n) is 7.45. The van der Waals surface area contributed by atoms with Crippen LogP contribution in [0.1, 0.15) is 64.0 Å². The largest absolute Gasteiger partial charge is 0.760 e. The maximum Gasteiger partial charge on any atom is 0.323 e. The van der Waals surface area contributed by atoms with Crippen LogP contribution in [0.4, 0.5) is 27.8 Å². The summed E-state index contributed by atoms with van der Waals surface area (Å²) < 4.78 is 66.8. The van der Waals surface area contributed by atoms with Gasteiger partial charge in [0.2, 0.25) is 11.8 Å². The molecule has 0 saturated heterocycles. The average Bonchev–Trinajstić information content (AvgIpc) is 3.26. The van der Waals surface area contributed by atoms with Crippen LogP contribution in [0.2, 0.25) is 0 Å². The minimum Gasteiger partial charge on any atom is -0.760 e. The van der Waals surface area contributed by atoms with Gasteiger partial charge in [0, 0.05) is 70.9 Å². The smallest absolute Gasteiger partial charge is 0.323 e. The Kier molecular flexibility index (Phi) is 16.5. The van der Waals surface area contributed by atoms with Gasteiger partial charge in [-0.15, -0.1) is 0 Å². The van der Waals surface area contributed by atoms with Crippen molar-refractivity contribution in [2.24, 2.45) is 0 Å². The fraction of sp³-hybridized carbons (Fsp3) is 0.413. The van der Waals surface area contributed by atoms with Crippen molar-refractivity contribution < 1.29 is 46.7 Å². The van der Waals surface area contributed by atoms with E-state index in [1.807, 2.05) is 42.5 Å². The molecule has 2 amide bonds. The summed E-state index contributed by atoms with van der Waals surface area (Å²) in [7, 11) is 4.73. The third-order valence-corrected chi connectivity index (χ3v) is 11.1. The van der Waals surface area contributed by atoms with E-state index in [1.54, 1.807) is 50.7 Å². The van der Waals surface area contributed by atoms with Crippen molar-refractivity contribution in [3.8, 4) is 28.9 Å². The molecule has 17 heteroatoms. The molecular weight excluding hydrogens is 829 g/mol. The maximum atomic E-state index is 13.9. The number of rotatable bonds is 21. The lowest BCUT2D eigenvalue weighted by Crippen LogP contribution is -2.45. The van der Waals surface area contributed by atoms with Gasteiger partial charge in [-0.05, 0) is 48.1 Å². The number of carbonyl (C=O) groups excluding carboxylic acids is 1. The van der Waals surface area contributed by atoms with Gasteiger partial charge < -0.3 is 53.7 Å². The number of nitrogens with zero attached hydrogens (tertiary/aromatic N) is 2. The zero-order valence-electron chi connectivity index (χ0n) is 36.7. The lowest BCUT2D eigenvalue weighted by Gasteiger charge is -2.41. The highest BCUT2D eigenvalue weighted by Crippen LogP contribution is 2.46. The molecule has 1 aliphatic carbocycles. The quantitative estimate of drug-likeness (QED) is 0.0404. The van der Waals surface area contributed by atoms with Gasteiger partial charge in [-0.1, -0.05) is 64.3 Å². The first kappa shape index (κ1) is 46.9. The minimum absolute atomic E-state index is 0.281. The molecule has 5 aromatic rings. The summed E-state index contributed by atoms with van der Waals surface area (Å²) in [5.41, 5.74) is 2.02. The Morgan fingerprint density at radius 3 is 2.19 bits per heavy atom. The molecule has 1 saturated carbocycles. The summed E-state index contributed by atoms with van der Waals surface area (Å²) in [4.78, 5) is 22.9. The molecule has 0 spiro atoms. The number of anilines is 4. The van der Waals surface area contributed by atoms with E-state index < -0.39 is 22.8 Å². The van der Waals surface area contributed by atoms with E-state index in [9.17, 15) is 13.6 Å². The first-order valence-electron chi connectivity index (χ1n) is 20.9. The summed E-state index contributed by atoms with van der Waals surface area (Å²) in [5, 5.41) is 10.7. The molecule has 6 rings (SSSR count). The molecule has 1 unspecified atom stereocenters. The highest BCUT2D eigenvalue weighted by atomic mass is 32.2. The number of hydrogen-bond donors (Lipinski definition) is 4. The fourth-order valence-corrected chi connectivity index (χ4v) is 8.08. The SMILES string of the molecule is COCCOCCOCCOc1cc(Nc2nccc(Oc3ccc(NC(=O)Nc4cc(C(C)(C)C)cc(C5(NS(=O)[O-])CCCCC5)c4OC)c4ccccc34)n2)cc(OC)c1. The number of aromatic nitrogens is 2. The number of methoxy groups -OCH3 is 3. The van der Waals surface area contributed by atoms with Gasteiger partial charge >= 0.3 is 6.03 Å². The molecule has 1 atom stereocenters. The first-order valence-corrected chi connectivity index (χ1v) is 21.9. The Morgan fingerprint density at radius 1 is 0.794 bits per heavy atom. The van der Waals surface area contributed by atoms with E-state index in [0.29, 0.717) is 98.1 Å². The molecule has 4 N–H and O–H groups in total. The Labute approximate surface area is 371 Å². The van der Waals surface area contributed by atoms with E-state index >= 15 is 0 Å². The van der Waals surface area contributed by atoms with E-state index in [4.69, 9.17) is 33.2 Å². The summed E-state index contributed by atoms with van der Waals surface area (Å²) in [6.07, 6.45) is 5.50. The number of urea groups is 1. The van der Waals surface area contributed by atoms with Gasteiger partial charge in [0.25, 0.3) is 0 Å². The average molecular weight is 886 g/mol. The van der Waals surface area contributed by atoms with Crippen LogP contribution in [0.15, 0.2) is 79.0 Å². The van der Waals surface area contributed by atoms with E-state index in [1.165, 1.54) is 7.11 Å². The Bertz CT molecular complexity index is 2340. The van der Waals surface area contributed by atoms with Gasteiger partial charge in [-0.2, -0.15) is 4.98 Å². The number of ether oxygens (including phenoxy) is 7. The second-order valence-electron chi connectivity index (χ2n) is 16.0. The third kappa shape index (κ3) is 12.8. The molecule has 0 radical (unpaired) electrons. The van der Waals surface area contributed by atoms with E-state index in [-0.39, 0.29) is 17.2 Å². The highest BCUT2D eigenvalue weighted by molar-refractivity contribution is 7.77. The molecule has 1 aliphatic rings. The van der Waals surface area contributed by atoms with Crippen molar-refractivity contribution >= 4 is 51.1 Å². The van der Waals surface area contributed by atoms with Crippen molar-refractivity contribution in [2.75, 3.05) is 76.9 Å². The summed E-state index contributed by atoms with van der Waals surface area (Å²) in [6, 6.07) is 21.5. The summed E-state index contributed by atoms with van der Waals surface area (Å²) in [6.45, 7) is 8.90. The lowest BCUT2D eigenvalue weighted by atomic mass is 9.74. The van der Waals surface area contributed by atoms with Crippen molar-refractivity contribution in [3.63, 3.8) is 0 Å². The van der Waals surface area contributed by atoms with Crippen LogP contribution in [0.5, 0.6) is 28.9 Å². The van der Waals surface area contributed by atoms with Crippen molar-refractivity contribution in [1.29, 1.82) is 0 Å². The molecule has 1 fully saturated rings. The molecule has 338 valence electrons. The summed E-state index contributed by atoms with van der Waals surface area (Å²) >= 11 is -2.52. The Balaban J connectivity index is 1.16. The highest BCUT2D eigenvalue weighted by Gasteiger charge is 2.38. The first-order chi connectivity index (χ1) is 30.4. The standard InChI is InChI=1S/C46H58N6O10S/c1-45(2,3)31-26-37(46(52-63(54)55)17-10-7-11-18-46)42(58-6)39(27-31)50-44(53)49-38-14-15-40(36-13-9-8-12-35(36)38)62-41-16-19-47-43(51-41)48-32-28-33(57-5)30-34(29-32)61-25-24-60-23-22-59-21-20-56-4/h8-9,12-16,19,26-30,52H,7,10-11,17-18,20-25H2,1-6H3,(H,54,55)(H,47,48,51)(H2,49,50,53)/p-1. The van der Waals surface area contributed by atoms with Crippen molar-refractivity contribution in [1.82, 2.24) is 14.7 Å². The van der Waals surface area contributed by atoms with E-state index in [0.717, 1.165) is 35.6 Å². The number of hydrogen-bond acceptors (Lipinski definition) is 13. The third-order valence-electron chi connectivity index (χ3n) is 10.6. The molecule has 63 heavy (non-hydrogen) atoms. The Hall–Kier alpha value is -5.56. The van der Waals surface area contributed by atoms with Crippen LogP contribution in [-0.4, -0.2) is 85.7 Å². The van der Waals surface area contributed by atoms with E-state index in [2.05, 4.69) is 51.4 Å². The number of fused-ring (bicyclic) bond motifs is 1. The number of carbonyl (C=O) groups is 1. The van der Waals surface area contributed by atoms with Crippen LogP contribution in [-0.2, 0) is 36.4 Å². The van der Waals surface area contributed by atoms with Crippen LogP contribution in [0.3, 0.4) is 0 Å². The van der Waals surface area contributed by atoms with Gasteiger partial charge in [0.05, 0.1) is 64.2 Å². The summed E-state index contributed by atoms with van der Waals surface area (Å²) in [5.74, 6) is 2.62. The molecule has 0 aliphatic heterocycles. The van der Waals surface area contributed by atoms with Gasteiger partial charge in [0.15, 0.2) is 0 Å². The second-order valence-corrected chi connectivity index (χ2v) is 16.7. The molecule has 0 bridgehead atoms. The van der Waals surface area contributed by atoms with Crippen LogP contribution < -0.4 is 39.6 Å². The second kappa shape index (κ2) is 22.2. The normalized spacial score (nSPS) is 14.1. The minimum atomic E-state index is -2.52. The van der Waals surface area contributed by atoms with Crippen LogP contribution in [0, 0.1) is 0 Å². The van der Waals surface area contributed by atoms with Gasteiger partial charge in [-0.25, -0.2) is 14.5 Å². The molecule has 1 aromatic heterocycles. The van der Waals surface area contributed by atoms with Crippen molar-refractivity contribution in [2.45, 2.75) is 63.8 Å². The predicted molar refractivity (Wildman–Crippen MR) is 242 cm³/mol. The number of nitrogens with one attached hydrogen (secondary N) is 4. The molecule has 16 nitrogen and oxygen atoms in total. The predicted octanol–water partition coefficient (Wildman–Crippen LogP) is 8.73. The van der Waals surface area contributed by atoms with Crippen molar-refractivity contribution in [3.05, 3.63) is 90.1 Å². The van der Waals surface area contributed by atoms with Gasteiger partial charge in [-0.3, -0.25) is 4.21 Å². The maximum absolute atomic E-state index is 13.9. The monoisotopic (exact) mass is 885 g/mol. The Morgan fingerprint density at radius 2 is 1.49 bits per heavy atom.